The minimum Gasteiger partial charge on any atom is -0.744 e. The van der Waals surface area contributed by atoms with Crippen molar-refractivity contribution in [3.8, 4) is 0 Å². The van der Waals surface area contributed by atoms with E-state index in [4.69, 9.17) is 0 Å². The second-order valence-electron chi connectivity index (χ2n) is 4.36. The third kappa shape index (κ3) is 6.70. The zero-order valence-electron chi connectivity index (χ0n) is 13.7. The Morgan fingerprint density at radius 3 is 1.93 bits per heavy atom. The summed E-state index contributed by atoms with van der Waals surface area (Å²) in [6, 6.07) is 3.99. The van der Waals surface area contributed by atoms with Crippen LogP contribution in [0.5, 0.6) is 0 Å². The van der Waals surface area contributed by atoms with Crippen LogP contribution in [-0.4, -0.2) is 21.4 Å². The standard InChI is InChI=1S/C12H8F2O8S3.2Na/c13-9-3-1-7(5-11(9)23-22-21-15)24(16,17)8-2-4-10(14)12(6-8)25(18,19)20;;/h1-6,15H,(H,18,19,20);;/q;2*+1/p-2. The van der Waals surface area contributed by atoms with Crippen LogP contribution in [0.25, 0.3) is 0 Å². The van der Waals surface area contributed by atoms with Gasteiger partial charge in [-0.15, -0.1) is 0 Å². The van der Waals surface area contributed by atoms with E-state index in [1.807, 2.05) is 0 Å². The molecule has 0 N–H and O–H groups in total. The molecule has 0 radical (unpaired) electrons. The fraction of sp³-hybridized carbons (Fsp3) is 0. The average molecular weight is 458 g/mol. The molecule has 0 bridgehead atoms. The van der Waals surface area contributed by atoms with Gasteiger partial charge >= 0.3 is 59.1 Å². The predicted molar refractivity (Wildman–Crippen MR) is 74.2 cm³/mol. The molecule has 0 saturated carbocycles. The molecule has 0 fully saturated rings. The van der Waals surface area contributed by atoms with Gasteiger partial charge in [-0.1, -0.05) is 0 Å². The van der Waals surface area contributed by atoms with Gasteiger partial charge in [0.2, 0.25) is 9.84 Å². The molecule has 8 nitrogen and oxygen atoms in total. The van der Waals surface area contributed by atoms with Gasteiger partial charge in [-0.25, -0.2) is 25.6 Å². The Kier molecular flexibility index (Phi) is 11.1. The minimum atomic E-state index is -5.25. The molecule has 2 rings (SSSR count). The van der Waals surface area contributed by atoms with Crippen LogP contribution in [0, 0.1) is 11.6 Å². The number of hydrogen-bond donors (Lipinski definition) is 0. The summed E-state index contributed by atoms with van der Waals surface area (Å²) in [5, 5.41) is 12.8. The van der Waals surface area contributed by atoms with Gasteiger partial charge in [0.1, 0.15) is 21.8 Å². The molecular weight excluding hydrogens is 452 g/mol. The van der Waals surface area contributed by atoms with Gasteiger partial charge in [0, 0.05) is 0 Å². The molecule has 27 heavy (non-hydrogen) atoms. The molecule has 2 aromatic rings. The fourth-order valence-corrected chi connectivity index (χ4v) is 4.21. The second kappa shape index (κ2) is 11.0. The van der Waals surface area contributed by atoms with Crippen LogP contribution in [0.2, 0.25) is 0 Å². The molecule has 0 saturated heterocycles. The van der Waals surface area contributed by atoms with Crippen molar-refractivity contribution in [1.82, 2.24) is 0 Å². The van der Waals surface area contributed by atoms with Gasteiger partial charge in [0.25, 0.3) is 0 Å². The van der Waals surface area contributed by atoms with Crippen LogP contribution in [0.1, 0.15) is 0 Å². The Balaban J connectivity index is 0.00000338. The summed E-state index contributed by atoms with van der Waals surface area (Å²) in [6.07, 6.45) is 0. The van der Waals surface area contributed by atoms with Crippen LogP contribution in [0.3, 0.4) is 0 Å². The number of sulfone groups is 1. The van der Waals surface area contributed by atoms with Crippen molar-refractivity contribution in [2.75, 3.05) is 0 Å². The maximum atomic E-state index is 13.5. The Morgan fingerprint density at radius 2 is 1.41 bits per heavy atom. The first-order chi connectivity index (χ1) is 11.6. The summed E-state index contributed by atoms with van der Waals surface area (Å²) in [7, 11) is -9.68. The summed E-state index contributed by atoms with van der Waals surface area (Å²) in [5.41, 5.74) is 0. The Labute approximate surface area is 201 Å². The Hall–Kier alpha value is 0.390. The van der Waals surface area contributed by atoms with E-state index in [0.29, 0.717) is 12.1 Å². The van der Waals surface area contributed by atoms with E-state index in [2.05, 4.69) is 9.37 Å². The van der Waals surface area contributed by atoms with Crippen LogP contribution < -0.4 is 64.4 Å². The van der Waals surface area contributed by atoms with Crippen LogP contribution >= 0.6 is 12.0 Å². The zero-order valence-corrected chi connectivity index (χ0v) is 20.2. The molecule has 0 atom stereocenters. The number of rotatable bonds is 6. The molecule has 2 aromatic carbocycles. The van der Waals surface area contributed by atoms with Gasteiger partial charge in [0.15, 0.2) is 0 Å². The molecule has 0 aliphatic carbocycles. The van der Waals surface area contributed by atoms with Crippen molar-refractivity contribution < 1.29 is 104 Å². The number of hydrogen-bond acceptors (Lipinski definition) is 9. The van der Waals surface area contributed by atoms with Gasteiger partial charge in [-0.2, -0.15) is 4.33 Å². The monoisotopic (exact) mass is 458 g/mol. The SMILES string of the molecule is O=S(=O)([O-])c1cc(S(=O)(=O)c2ccc(F)c(SOO[O-])c2)ccc1F.[Na+].[Na+]. The van der Waals surface area contributed by atoms with E-state index in [1.54, 1.807) is 0 Å². The quantitative estimate of drug-likeness (QED) is 0.104. The van der Waals surface area contributed by atoms with Crippen LogP contribution in [0.15, 0.2) is 56.0 Å². The largest absolute Gasteiger partial charge is 1.00 e. The average Bonchev–Trinajstić information content (AvgIpc) is 2.53. The molecule has 0 spiro atoms. The topological polar surface area (TPSA) is 133 Å². The summed E-state index contributed by atoms with van der Waals surface area (Å²) < 4.78 is 88.8. The first-order valence-electron chi connectivity index (χ1n) is 6.00. The predicted octanol–water partition coefficient (Wildman–Crippen LogP) is -5.06. The van der Waals surface area contributed by atoms with E-state index in [1.165, 1.54) is 0 Å². The summed E-state index contributed by atoms with van der Waals surface area (Å²) >= 11 is 0.102. The molecule has 0 aliphatic rings. The third-order valence-electron chi connectivity index (χ3n) is 2.85. The summed E-state index contributed by atoms with van der Waals surface area (Å²) in [5.74, 6) is -2.34. The maximum absolute atomic E-state index is 13.5. The molecule has 0 aromatic heterocycles. The number of benzene rings is 2. The molecule has 0 heterocycles. The van der Waals surface area contributed by atoms with Crippen molar-refractivity contribution in [3.05, 3.63) is 48.0 Å². The number of halogens is 2. The van der Waals surface area contributed by atoms with Crippen molar-refractivity contribution >= 4 is 32.0 Å². The maximum Gasteiger partial charge on any atom is 1.00 e. The third-order valence-corrected chi connectivity index (χ3v) is 6.06. The molecule has 136 valence electrons. The van der Waals surface area contributed by atoms with Crippen LogP contribution in [-0.2, 0) is 29.3 Å². The first kappa shape index (κ1) is 27.4. The zero-order chi connectivity index (χ0) is 18.8. The van der Waals surface area contributed by atoms with Crippen molar-refractivity contribution in [1.29, 1.82) is 0 Å². The van der Waals surface area contributed by atoms with E-state index in [0.717, 1.165) is 24.3 Å². The van der Waals surface area contributed by atoms with E-state index in [9.17, 15) is 35.4 Å². The van der Waals surface area contributed by atoms with Gasteiger partial charge in [0.05, 0.1) is 31.6 Å². The smallest absolute Gasteiger partial charge is 0.744 e. The molecule has 0 aliphatic heterocycles. The van der Waals surface area contributed by atoms with Crippen molar-refractivity contribution in [2.24, 2.45) is 0 Å². The first-order valence-corrected chi connectivity index (χ1v) is 9.64. The fourth-order valence-electron chi connectivity index (χ4n) is 1.74. The Bertz CT molecular complexity index is 1020. The van der Waals surface area contributed by atoms with E-state index >= 15 is 0 Å². The molecule has 0 amide bonds. The van der Waals surface area contributed by atoms with E-state index in [-0.39, 0.29) is 71.2 Å². The minimum absolute atomic E-state index is 0. The Morgan fingerprint density at radius 1 is 0.889 bits per heavy atom. The van der Waals surface area contributed by atoms with Gasteiger partial charge in [-0.3, -0.25) is 5.04 Å². The molecule has 0 unspecified atom stereocenters. The van der Waals surface area contributed by atoms with Crippen molar-refractivity contribution in [2.45, 2.75) is 19.6 Å². The molecule has 15 heteroatoms. The summed E-state index contributed by atoms with van der Waals surface area (Å²) in [4.78, 5) is -2.98. The van der Waals surface area contributed by atoms with Crippen molar-refractivity contribution in [3.63, 3.8) is 0 Å². The second-order valence-corrected chi connectivity index (χ2v) is 8.40. The van der Waals surface area contributed by atoms with Gasteiger partial charge < -0.3 is 9.81 Å². The normalized spacial score (nSPS) is 11.4. The van der Waals surface area contributed by atoms with E-state index < -0.39 is 51.2 Å². The molecular formula is C12H6F2Na2O8S3. The van der Waals surface area contributed by atoms with Gasteiger partial charge in [-0.05, 0) is 36.4 Å². The summed E-state index contributed by atoms with van der Waals surface area (Å²) in [6.45, 7) is 0. The van der Waals surface area contributed by atoms with Crippen LogP contribution in [0.4, 0.5) is 8.78 Å².